The number of H-pyrrole nitrogens is 1. The minimum Gasteiger partial charge on any atom is -0.341 e. The van der Waals surface area contributed by atoms with E-state index in [1.807, 2.05) is 0 Å². The number of alkyl halides is 1. The summed E-state index contributed by atoms with van der Waals surface area (Å²) >= 11 is 3.22. The highest BCUT2D eigenvalue weighted by atomic mass is 79.9. The molecule has 0 saturated carbocycles. The van der Waals surface area contributed by atoms with E-state index in [4.69, 9.17) is 0 Å². The molecule has 0 bridgehead atoms. The van der Waals surface area contributed by atoms with E-state index in [0.717, 1.165) is 5.52 Å². The van der Waals surface area contributed by atoms with Crippen molar-refractivity contribution >= 4 is 27.1 Å². The van der Waals surface area contributed by atoms with Gasteiger partial charge in [-0.1, -0.05) is 21.9 Å². The lowest BCUT2D eigenvalue weighted by atomic mass is 10.3. The third kappa shape index (κ3) is 1.53. The summed E-state index contributed by atoms with van der Waals surface area (Å²) in [4.78, 5) is 15.0. The zero-order chi connectivity index (χ0) is 9.10. The van der Waals surface area contributed by atoms with Crippen LogP contribution in [0.1, 0.15) is 5.69 Å². The molecule has 0 aliphatic heterocycles. The number of fused-ring (bicyclic) bond motifs is 1. The number of halogens is 1. The molecule has 0 fully saturated rings. The molecule has 1 N–H and O–H groups in total. The van der Waals surface area contributed by atoms with Gasteiger partial charge in [0, 0.05) is 0 Å². The van der Waals surface area contributed by atoms with Crippen LogP contribution in [-0.2, 0) is 0 Å². The Bertz CT molecular complexity index is 479. The van der Waals surface area contributed by atoms with Crippen LogP contribution in [0.2, 0.25) is 0 Å². The topological polar surface area (TPSA) is 54.5 Å². The Labute approximate surface area is 82.9 Å². The number of hydrogen-bond donors (Lipinski definition) is 1. The molecular weight excluding hydrogens is 232 g/mol. The first-order chi connectivity index (χ1) is 6.42. The maximum atomic E-state index is 4.04. The smallest absolute Gasteiger partial charge is 0.181 e. The van der Waals surface area contributed by atoms with Gasteiger partial charge >= 0.3 is 0 Å². The summed E-state index contributed by atoms with van der Waals surface area (Å²) in [6.07, 6.45) is 3.04. The quantitative estimate of drug-likeness (QED) is 0.551. The second-order valence-corrected chi connectivity index (χ2v) is 2.82. The molecule has 2 aromatic rings. The number of imidazole rings is 1. The molecule has 0 unspecified atom stereocenters. The van der Waals surface area contributed by atoms with Crippen molar-refractivity contribution in [2.75, 3.05) is 5.33 Å². The van der Waals surface area contributed by atoms with Crippen LogP contribution in [0.4, 0.5) is 0 Å². The van der Waals surface area contributed by atoms with Crippen molar-refractivity contribution < 1.29 is 0 Å². The minimum atomic E-state index is 0.632. The van der Waals surface area contributed by atoms with Crippen LogP contribution in [0, 0.1) is 11.8 Å². The molecule has 0 aromatic carbocycles. The van der Waals surface area contributed by atoms with Crippen LogP contribution in [0.15, 0.2) is 12.7 Å². The van der Waals surface area contributed by atoms with Gasteiger partial charge in [-0.15, -0.1) is 0 Å². The second-order valence-electron chi connectivity index (χ2n) is 2.26. The molecule has 0 radical (unpaired) electrons. The second kappa shape index (κ2) is 3.54. The van der Waals surface area contributed by atoms with Crippen molar-refractivity contribution in [2.24, 2.45) is 0 Å². The normalized spacial score (nSPS) is 9.62. The molecule has 0 amide bonds. The predicted octanol–water partition coefficient (Wildman–Crippen LogP) is 1.10. The van der Waals surface area contributed by atoms with Crippen molar-refractivity contribution in [3.63, 3.8) is 0 Å². The van der Waals surface area contributed by atoms with Crippen LogP contribution < -0.4 is 0 Å². The fourth-order valence-corrected chi connectivity index (χ4v) is 1.12. The van der Waals surface area contributed by atoms with Gasteiger partial charge in [-0.25, -0.2) is 15.0 Å². The number of hydrogen-bond acceptors (Lipinski definition) is 3. The maximum absolute atomic E-state index is 4.04. The van der Waals surface area contributed by atoms with Crippen LogP contribution in [0.5, 0.6) is 0 Å². The summed E-state index contributed by atoms with van der Waals surface area (Å²) in [6, 6.07) is 0. The highest BCUT2D eigenvalue weighted by molar-refractivity contribution is 9.09. The molecule has 2 aromatic heterocycles. The molecule has 2 heterocycles. The van der Waals surface area contributed by atoms with E-state index in [9.17, 15) is 0 Å². The Morgan fingerprint density at radius 2 is 2.31 bits per heavy atom. The van der Waals surface area contributed by atoms with Crippen molar-refractivity contribution in [1.82, 2.24) is 19.9 Å². The van der Waals surface area contributed by atoms with Crippen molar-refractivity contribution in [2.45, 2.75) is 0 Å². The fraction of sp³-hybridized carbons (Fsp3) is 0.125. The van der Waals surface area contributed by atoms with Gasteiger partial charge in [0.05, 0.1) is 11.7 Å². The lowest BCUT2D eigenvalue weighted by Crippen LogP contribution is -1.87. The molecule has 0 spiro atoms. The summed E-state index contributed by atoms with van der Waals surface area (Å²) in [5, 5.41) is 0.632. The van der Waals surface area contributed by atoms with Gasteiger partial charge in [-0.3, -0.25) is 0 Å². The Hall–Kier alpha value is -1.41. The van der Waals surface area contributed by atoms with Crippen LogP contribution in [0.25, 0.3) is 11.2 Å². The fourth-order valence-electron chi connectivity index (χ4n) is 0.977. The molecule has 64 valence electrons. The Balaban J connectivity index is 2.61. The summed E-state index contributed by atoms with van der Waals surface area (Å²) in [7, 11) is 0. The van der Waals surface area contributed by atoms with Crippen LogP contribution >= 0.6 is 15.9 Å². The van der Waals surface area contributed by atoms with Gasteiger partial charge in [0.2, 0.25) is 0 Å². The van der Waals surface area contributed by atoms with Gasteiger partial charge in [-0.2, -0.15) is 0 Å². The molecule has 5 heteroatoms. The highest BCUT2D eigenvalue weighted by Crippen LogP contribution is 2.07. The standard InChI is InChI=1S/C8H5BrN4/c9-3-1-2-6-7-8(12-4-10-6)13-5-11-7/h4-5H,3H2,(H,10,11,12,13). The molecule has 0 saturated heterocycles. The van der Waals surface area contributed by atoms with E-state index in [1.54, 1.807) is 6.33 Å². The van der Waals surface area contributed by atoms with Gasteiger partial charge in [-0.05, 0) is 5.92 Å². The van der Waals surface area contributed by atoms with E-state index in [2.05, 4.69) is 47.7 Å². The number of rotatable bonds is 0. The lowest BCUT2D eigenvalue weighted by molar-refractivity contribution is 1.18. The summed E-state index contributed by atoms with van der Waals surface area (Å²) < 4.78 is 0. The largest absolute Gasteiger partial charge is 0.341 e. The summed E-state index contributed by atoms with van der Waals surface area (Å²) in [5.74, 6) is 5.78. The first-order valence-corrected chi connectivity index (χ1v) is 4.73. The molecule has 4 nitrogen and oxygen atoms in total. The molecule has 0 aliphatic rings. The first kappa shape index (κ1) is 8.20. The van der Waals surface area contributed by atoms with Crippen LogP contribution in [-0.4, -0.2) is 25.3 Å². The highest BCUT2D eigenvalue weighted by Gasteiger charge is 2.01. The monoisotopic (exact) mass is 236 g/mol. The predicted molar refractivity (Wildman–Crippen MR) is 52.4 cm³/mol. The van der Waals surface area contributed by atoms with Crippen LogP contribution in [0.3, 0.4) is 0 Å². The summed E-state index contributed by atoms with van der Waals surface area (Å²) in [6.45, 7) is 0. The average Bonchev–Trinajstić information content (AvgIpc) is 2.62. The maximum Gasteiger partial charge on any atom is 0.181 e. The van der Waals surface area contributed by atoms with Gasteiger partial charge < -0.3 is 4.98 Å². The summed E-state index contributed by atoms with van der Waals surface area (Å²) in [5.41, 5.74) is 2.12. The van der Waals surface area contributed by atoms with E-state index in [1.165, 1.54) is 6.33 Å². The SMILES string of the molecule is BrCC#Cc1ncnc2nc[nH]c12. The molecule has 0 aliphatic carbocycles. The minimum absolute atomic E-state index is 0.632. The van der Waals surface area contributed by atoms with Gasteiger partial charge in [0.15, 0.2) is 5.65 Å². The number of nitrogens with zero attached hydrogens (tertiary/aromatic N) is 3. The van der Waals surface area contributed by atoms with E-state index in [0.29, 0.717) is 16.7 Å². The van der Waals surface area contributed by atoms with E-state index < -0.39 is 0 Å². The third-order valence-electron chi connectivity index (χ3n) is 1.50. The van der Waals surface area contributed by atoms with Crippen molar-refractivity contribution in [3.05, 3.63) is 18.3 Å². The first-order valence-electron chi connectivity index (χ1n) is 3.60. The van der Waals surface area contributed by atoms with Gasteiger partial charge in [0.25, 0.3) is 0 Å². The Kier molecular flexibility index (Phi) is 2.23. The molecule has 2 rings (SSSR count). The third-order valence-corrected chi connectivity index (χ3v) is 1.78. The van der Waals surface area contributed by atoms with Gasteiger partial charge in [0.1, 0.15) is 17.5 Å². The van der Waals surface area contributed by atoms with Crippen molar-refractivity contribution in [1.29, 1.82) is 0 Å². The van der Waals surface area contributed by atoms with Crippen molar-refractivity contribution in [3.8, 4) is 11.8 Å². The molecular formula is C8H5BrN4. The number of aromatic nitrogens is 4. The Morgan fingerprint density at radius 3 is 3.15 bits per heavy atom. The van der Waals surface area contributed by atoms with E-state index >= 15 is 0 Å². The zero-order valence-corrected chi connectivity index (χ0v) is 8.17. The number of nitrogens with one attached hydrogen (secondary N) is 1. The average molecular weight is 237 g/mol. The van der Waals surface area contributed by atoms with E-state index in [-0.39, 0.29) is 0 Å². The molecule has 13 heavy (non-hydrogen) atoms. The molecule has 0 atom stereocenters. The Morgan fingerprint density at radius 1 is 1.38 bits per heavy atom. The zero-order valence-electron chi connectivity index (χ0n) is 6.58. The number of aromatic amines is 1. The lowest BCUT2D eigenvalue weighted by Gasteiger charge is -1.89.